The number of hydrogen-bond donors (Lipinski definition) is 0. The molecule has 1 aliphatic rings. The SMILES string of the molecule is CCN(C1CC1)S(=O)(=O)c1cc(C)sc1C. The zero-order valence-corrected chi connectivity index (χ0v) is 11.5. The molecule has 90 valence electrons. The lowest BCUT2D eigenvalue weighted by atomic mass is 10.4. The summed E-state index contributed by atoms with van der Waals surface area (Å²) in [4.78, 5) is 2.46. The van der Waals surface area contributed by atoms with E-state index in [9.17, 15) is 8.42 Å². The van der Waals surface area contributed by atoms with Gasteiger partial charge < -0.3 is 0 Å². The zero-order chi connectivity index (χ0) is 11.9. The summed E-state index contributed by atoms with van der Waals surface area (Å²) in [6.07, 6.45) is 2.02. The molecule has 0 atom stereocenters. The number of aryl methyl sites for hydroxylation is 2. The Morgan fingerprint density at radius 2 is 2.06 bits per heavy atom. The van der Waals surface area contributed by atoms with Crippen LogP contribution in [0.1, 0.15) is 29.5 Å². The van der Waals surface area contributed by atoms with E-state index in [-0.39, 0.29) is 6.04 Å². The second-order valence-electron chi connectivity index (χ2n) is 4.22. The van der Waals surface area contributed by atoms with Gasteiger partial charge in [0.15, 0.2) is 0 Å². The van der Waals surface area contributed by atoms with Crippen molar-refractivity contribution in [3.8, 4) is 0 Å². The van der Waals surface area contributed by atoms with Crippen molar-refractivity contribution in [2.75, 3.05) is 6.54 Å². The van der Waals surface area contributed by atoms with Crippen LogP contribution in [0.2, 0.25) is 0 Å². The van der Waals surface area contributed by atoms with Crippen LogP contribution in [0.15, 0.2) is 11.0 Å². The second kappa shape index (κ2) is 4.13. The minimum atomic E-state index is -3.25. The smallest absolute Gasteiger partial charge is 0.207 e. The first-order valence-electron chi connectivity index (χ1n) is 5.55. The van der Waals surface area contributed by atoms with Crippen LogP contribution in [0.5, 0.6) is 0 Å². The van der Waals surface area contributed by atoms with E-state index in [1.54, 1.807) is 21.7 Å². The molecule has 0 unspecified atom stereocenters. The zero-order valence-electron chi connectivity index (χ0n) is 9.86. The first-order chi connectivity index (χ1) is 7.46. The van der Waals surface area contributed by atoms with E-state index in [1.165, 1.54) is 0 Å². The molecule has 1 aromatic rings. The Morgan fingerprint density at radius 3 is 2.44 bits per heavy atom. The maximum Gasteiger partial charge on any atom is 0.244 e. The molecule has 1 saturated carbocycles. The Bertz CT molecular complexity index is 486. The van der Waals surface area contributed by atoms with Crippen LogP contribution in [-0.4, -0.2) is 25.3 Å². The van der Waals surface area contributed by atoms with E-state index in [0.29, 0.717) is 11.4 Å². The third-order valence-corrected chi connectivity index (χ3v) is 6.10. The summed E-state index contributed by atoms with van der Waals surface area (Å²) in [7, 11) is -3.25. The molecule has 0 N–H and O–H groups in total. The normalized spacial score (nSPS) is 17.0. The van der Waals surface area contributed by atoms with Crippen molar-refractivity contribution >= 4 is 21.4 Å². The summed E-state index contributed by atoms with van der Waals surface area (Å²) in [6.45, 7) is 6.31. The molecule has 0 spiro atoms. The molecule has 1 fully saturated rings. The van der Waals surface area contributed by atoms with Crippen molar-refractivity contribution in [3.63, 3.8) is 0 Å². The first kappa shape index (κ1) is 12.1. The lowest BCUT2D eigenvalue weighted by Gasteiger charge is -2.19. The number of sulfonamides is 1. The minimum absolute atomic E-state index is 0.245. The largest absolute Gasteiger partial charge is 0.244 e. The Hall–Kier alpha value is -0.390. The number of thiophene rings is 1. The molecule has 0 aromatic carbocycles. The summed E-state index contributed by atoms with van der Waals surface area (Å²) in [5.41, 5.74) is 0. The molecule has 0 aliphatic heterocycles. The number of hydrogen-bond acceptors (Lipinski definition) is 3. The second-order valence-corrected chi connectivity index (χ2v) is 7.54. The van der Waals surface area contributed by atoms with Gasteiger partial charge in [0, 0.05) is 22.3 Å². The van der Waals surface area contributed by atoms with Gasteiger partial charge in [-0.25, -0.2) is 8.42 Å². The van der Waals surface area contributed by atoms with Crippen LogP contribution in [-0.2, 0) is 10.0 Å². The van der Waals surface area contributed by atoms with E-state index in [2.05, 4.69) is 0 Å². The maximum absolute atomic E-state index is 12.4. The van der Waals surface area contributed by atoms with Gasteiger partial charge in [-0.2, -0.15) is 4.31 Å². The number of nitrogens with zero attached hydrogens (tertiary/aromatic N) is 1. The van der Waals surface area contributed by atoms with E-state index in [4.69, 9.17) is 0 Å². The standard InChI is InChI=1S/C11H17NO2S2/c1-4-12(10-5-6-10)16(13,14)11-7-8(2)15-9(11)3/h7,10H,4-6H2,1-3H3. The molecular formula is C11H17NO2S2. The van der Waals surface area contributed by atoms with Gasteiger partial charge in [0.25, 0.3) is 0 Å². The van der Waals surface area contributed by atoms with Crippen molar-refractivity contribution in [1.82, 2.24) is 4.31 Å². The highest BCUT2D eigenvalue weighted by Gasteiger charge is 2.37. The minimum Gasteiger partial charge on any atom is -0.207 e. The average Bonchev–Trinajstić information content (AvgIpc) is 2.93. The summed E-state index contributed by atoms with van der Waals surface area (Å²) in [5, 5.41) is 0. The summed E-state index contributed by atoms with van der Waals surface area (Å²) in [6, 6.07) is 2.04. The Labute approximate surface area is 101 Å². The molecule has 2 rings (SSSR count). The van der Waals surface area contributed by atoms with E-state index >= 15 is 0 Å². The van der Waals surface area contributed by atoms with Crippen molar-refractivity contribution in [2.24, 2.45) is 0 Å². The average molecular weight is 259 g/mol. The van der Waals surface area contributed by atoms with Crippen molar-refractivity contribution in [2.45, 2.75) is 44.6 Å². The molecule has 1 aliphatic carbocycles. The van der Waals surface area contributed by atoms with Gasteiger partial charge in [0.1, 0.15) is 0 Å². The Kier molecular flexibility index (Phi) is 3.11. The summed E-state index contributed by atoms with van der Waals surface area (Å²) >= 11 is 1.55. The fraction of sp³-hybridized carbons (Fsp3) is 0.636. The predicted octanol–water partition coefficient (Wildman–Crippen LogP) is 2.54. The molecule has 3 nitrogen and oxygen atoms in total. The van der Waals surface area contributed by atoms with Crippen LogP contribution < -0.4 is 0 Å². The molecule has 0 bridgehead atoms. The van der Waals surface area contributed by atoms with Crippen LogP contribution in [0.4, 0.5) is 0 Å². The topological polar surface area (TPSA) is 37.4 Å². The summed E-state index contributed by atoms with van der Waals surface area (Å²) < 4.78 is 26.5. The number of rotatable bonds is 4. The van der Waals surface area contributed by atoms with Gasteiger partial charge in [0.2, 0.25) is 10.0 Å². The van der Waals surface area contributed by atoms with Gasteiger partial charge >= 0.3 is 0 Å². The molecule has 5 heteroatoms. The van der Waals surface area contributed by atoms with Gasteiger partial charge in [-0.15, -0.1) is 11.3 Å². The van der Waals surface area contributed by atoms with Crippen molar-refractivity contribution < 1.29 is 8.42 Å². The van der Waals surface area contributed by atoms with Crippen LogP contribution in [0.3, 0.4) is 0 Å². The molecule has 1 heterocycles. The lowest BCUT2D eigenvalue weighted by molar-refractivity contribution is 0.421. The highest BCUT2D eigenvalue weighted by Crippen LogP contribution is 2.34. The van der Waals surface area contributed by atoms with Crippen molar-refractivity contribution in [3.05, 3.63) is 15.8 Å². The van der Waals surface area contributed by atoms with Gasteiger partial charge in [-0.05, 0) is 32.8 Å². The fourth-order valence-corrected chi connectivity index (χ4v) is 5.20. The quantitative estimate of drug-likeness (QED) is 0.833. The fourth-order valence-electron chi connectivity index (χ4n) is 1.98. The van der Waals surface area contributed by atoms with Crippen molar-refractivity contribution in [1.29, 1.82) is 0 Å². The Balaban J connectivity index is 2.40. The lowest BCUT2D eigenvalue weighted by Crippen LogP contribution is -2.32. The van der Waals surface area contributed by atoms with Gasteiger partial charge in [-0.1, -0.05) is 6.92 Å². The van der Waals surface area contributed by atoms with E-state index < -0.39 is 10.0 Å². The molecule has 0 saturated heterocycles. The van der Waals surface area contributed by atoms with Gasteiger partial charge in [0.05, 0.1) is 4.90 Å². The maximum atomic E-state index is 12.4. The highest BCUT2D eigenvalue weighted by molar-refractivity contribution is 7.89. The molecule has 0 radical (unpaired) electrons. The monoisotopic (exact) mass is 259 g/mol. The molecule has 16 heavy (non-hydrogen) atoms. The highest BCUT2D eigenvalue weighted by atomic mass is 32.2. The molecule has 1 aromatic heterocycles. The van der Waals surface area contributed by atoms with Crippen LogP contribution in [0.25, 0.3) is 0 Å². The third kappa shape index (κ3) is 2.04. The van der Waals surface area contributed by atoms with Crippen LogP contribution >= 0.6 is 11.3 Å². The molecular weight excluding hydrogens is 242 g/mol. The summed E-state index contributed by atoms with van der Waals surface area (Å²) in [5.74, 6) is 0. The van der Waals surface area contributed by atoms with E-state index in [0.717, 1.165) is 22.6 Å². The van der Waals surface area contributed by atoms with E-state index in [1.807, 2.05) is 20.8 Å². The predicted molar refractivity (Wildman–Crippen MR) is 66.4 cm³/mol. The Morgan fingerprint density at radius 1 is 1.44 bits per heavy atom. The third-order valence-electron chi connectivity index (χ3n) is 2.85. The first-order valence-corrected chi connectivity index (χ1v) is 7.81. The molecule has 0 amide bonds. The van der Waals surface area contributed by atoms with Crippen LogP contribution in [0, 0.1) is 13.8 Å². The van der Waals surface area contributed by atoms with Gasteiger partial charge in [-0.3, -0.25) is 0 Å².